The first-order chi connectivity index (χ1) is 17.4. The normalized spacial score (nSPS) is 24.1. The van der Waals surface area contributed by atoms with E-state index in [1.807, 2.05) is 0 Å². The van der Waals surface area contributed by atoms with Gasteiger partial charge in [-0.15, -0.1) is 0 Å². The summed E-state index contributed by atoms with van der Waals surface area (Å²) in [6.45, 7) is 5.05. The topological polar surface area (TPSA) is 109 Å². The summed E-state index contributed by atoms with van der Waals surface area (Å²) in [6, 6.07) is 11.8. The SMILES string of the molecule is CCCCCOCCOc1cc(Cl)c(Cc2ccc(CC)cc2)cc1[C@@H]1O[C@H](CO)[C@@H](O)[C@H](O)[C@H]1O. The summed E-state index contributed by atoms with van der Waals surface area (Å²) in [5.41, 5.74) is 3.61. The molecule has 0 unspecified atom stereocenters. The maximum absolute atomic E-state index is 10.8. The Hall–Kier alpha value is -1.71. The van der Waals surface area contributed by atoms with Crippen LogP contribution in [-0.2, 0) is 22.3 Å². The highest BCUT2D eigenvalue weighted by atomic mass is 35.5. The molecule has 0 radical (unpaired) electrons. The standard InChI is InChI=1S/C28H39ClO7/c1-3-5-6-11-34-12-13-35-23-16-22(29)20(14-19-9-7-18(4-2)8-10-19)15-21(23)28-27(33)26(32)25(31)24(17-30)36-28/h7-10,15-16,24-28,30-33H,3-6,11-14,17H2,1-2H3/t24-,25-,26+,27-,28+/m1/s1. The van der Waals surface area contributed by atoms with Crippen LogP contribution in [0.15, 0.2) is 36.4 Å². The number of hydrogen-bond donors (Lipinski definition) is 4. The molecule has 1 aliphatic heterocycles. The van der Waals surface area contributed by atoms with Gasteiger partial charge in [0.15, 0.2) is 0 Å². The lowest BCUT2D eigenvalue weighted by molar-refractivity contribution is -0.232. The van der Waals surface area contributed by atoms with E-state index in [1.54, 1.807) is 12.1 Å². The molecule has 2 aromatic rings. The van der Waals surface area contributed by atoms with Crippen molar-refractivity contribution in [2.75, 3.05) is 26.4 Å². The average Bonchev–Trinajstić information content (AvgIpc) is 2.89. The van der Waals surface area contributed by atoms with E-state index < -0.39 is 37.1 Å². The van der Waals surface area contributed by atoms with E-state index in [-0.39, 0.29) is 6.61 Å². The number of aliphatic hydroxyl groups excluding tert-OH is 4. The zero-order chi connectivity index (χ0) is 26.1. The van der Waals surface area contributed by atoms with Gasteiger partial charge in [0.1, 0.15) is 42.9 Å². The van der Waals surface area contributed by atoms with Crippen LogP contribution in [0.4, 0.5) is 0 Å². The molecule has 0 amide bonds. The van der Waals surface area contributed by atoms with Crippen molar-refractivity contribution in [1.82, 2.24) is 0 Å². The summed E-state index contributed by atoms with van der Waals surface area (Å²) in [6.07, 6.45) is -1.67. The summed E-state index contributed by atoms with van der Waals surface area (Å²) >= 11 is 6.65. The van der Waals surface area contributed by atoms with Crippen LogP contribution in [0.5, 0.6) is 5.75 Å². The predicted molar refractivity (Wildman–Crippen MR) is 139 cm³/mol. The maximum atomic E-state index is 10.8. The van der Waals surface area contributed by atoms with Gasteiger partial charge < -0.3 is 34.6 Å². The van der Waals surface area contributed by atoms with Crippen molar-refractivity contribution in [2.24, 2.45) is 0 Å². The number of hydrogen-bond acceptors (Lipinski definition) is 7. The molecule has 1 fully saturated rings. The molecule has 4 N–H and O–H groups in total. The van der Waals surface area contributed by atoms with E-state index in [2.05, 4.69) is 38.1 Å². The molecule has 0 aromatic heterocycles. The van der Waals surface area contributed by atoms with Crippen molar-refractivity contribution in [3.8, 4) is 5.75 Å². The lowest BCUT2D eigenvalue weighted by atomic mass is 9.89. The van der Waals surface area contributed by atoms with E-state index in [9.17, 15) is 20.4 Å². The first-order valence-corrected chi connectivity index (χ1v) is 13.2. The monoisotopic (exact) mass is 522 g/mol. The molecular weight excluding hydrogens is 484 g/mol. The van der Waals surface area contributed by atoms with Crippen molar-refractivity contribution in [3.63, 3.8) is 0 Å². The van der Waals surface area contributed by atoms with E-state index in [0.717, 1.165) is 36.8 Å². The Bertz CT molecular complexity index is 934. The minimum Gasteiger partial charge on any atom is -0.491 e. The summed E-state index contributed by atoms with van der Waals surface area (Å²) in [4.78, 5) is 0. The summed E-state index contributed by atoms with van der Waals surface area (Å²) < 4.78 is 17.5. The predicted octanol–water partition coefficient (Wildman–Crippen LogP) is 3.59. The van der Waals surface area contributed by atoms with Crippen LogP contribution in [-0.4, -0.2) is 71.3 Å². The third kappa shape index (κ3) is 7.42. The van der Waals surface area contributed by atoms with Crippen LogP contribution in [0, 0.1) is 0 Å². The second kappa shape index (κ2) is 14.3. The Morgan fingerprint density at radius 3 is 2.28 bits per heavy atom. The van der Waals surface area contributed by atoms with Gasteiger partial charge in [0, 0.05) is 17.2 Å². The lowest BCUT2D eigenvalue weighted by Crippen LogP contribution is -2.55. The van der Waals surface area contributed by atoms with Crippen molar-refractivity contribution >= 4 is 11.6 Å². The quantitative estimate of drug-likeness (QED) is 0.298. The number of aryl methyl sites for hydroxylation is 1. The highest BCUT2D eigenvalue weighted by Gasteiger charge is 2.45. The Kier molecular flexibility index (Phi) is 11.5. The van der Waals surface area contributed by atoms with Crippen LogP contribution in [0.3, 0.4) is 0 Å². The van der Waals surface area contributed by atoms with Gasteiger partial charge in [-0.3, -0.25) is 0 Å². The molecule has 7 nitrogen and oxygen atoms in total. The first-order valence-electron chi connectivity index (χ1n) is 12.8. The highest BCUT2D eigenvalue weighted by Crippen LogP contribution is 2.40. The molecule has 2 aromatic carbocycles. The first kappa shape index (κ1) is 28.9. The molecule has 5 atom stereocenters. The molecular formula is C28H39ClO7. The number of rotatable bonds is 13. The van der Waals surface area contributed by atoms with Gasteiger partial charge in [0.2, 0.25) is 0 Å². The summed E-state index contributed by atoms with van der Waals surface area (Å²) in [5.74, 6) is 0.395. The third-order valence-electron chi connectivity index (χ3n) is 6.58. The third-order valence-corrected chi connectivity index (χ3v) is 6.93. The maximum Gasteiger partial charge on any atom is 0.126 e. The van der Waals surface area contributed by atoms with Gasteiger partial charge in [-0.1, -0.05) is 62.6 Å². The van der Waals surface area contributed by atoms with E-state index in [1.165, 1.54) is 5.56 Å². The smallest absolute Gasteiger partial charge is 0.126 e. The van der Waals surface area contributed by atoms with Gasteiger partial charge >= 0.3 is 0 Å². The van der Waals surface area contributed by atoms with Crippen LogP contribution in [0.25, 0.3) is 0 Å². The van der Waals surface area contributed by atoms with Crippen molar-refractivity contribution in [3.05, 3.63) is 63.7 Å². The van der Waals surface area contributed by atoms with Crippen LogP contribution >= 0.6 is 11.6 Å². The van der Waals surface area contributed by atoms with Crippen molar-refractivity contribution in [2.45, 2.75) is 76.5 Å². The average molecular weight is 523 g/mol. The summed E-state index contributed by atoms with van der Waals surface area (Å²) in [7, 11) is 0. The second-order valence-corrected chi connectivity index (χ2v) is 9.65. The fourth-order valence-electron chi connectivity index (χ4n) is 4.34. The van der Waals surface area contributed by atoms with Crippen molar-refractivity contribution in [1.29, 1.82) is 0 Å². The summed E-state index contributed by atoms with van der Waals surface area (Å²) in [5, 5.41) is 41.5. The zero-order valence-corrected chi connectivity index (χ0v) is 21.9. The number of unbranched alkanes of at least 4 members (excludes halogenated alkanes) is 2. The number of aliphatic hydroxyl groups is 4. The van der Waals surface area contributed by atoms with Gasteiger partial charge in [-0.25, -0.2) is 0 Å². The fourth-order valence-corrected chi connectivity index (χ4v) is 4.56. The Morgan fingerprint density at radius 2 is 1.61 bits per heavy atom. The molecule has 1 saturated heterocycles. The molecule has 1 aliphatic rings. The van der Waals surface area contributed by atoms with Gasteiger partial charge in [0.25, 0.3) is 0 Å². The number of benzene rings is 2. The molecule has 3 rings (SSSR count). The Morgan fingerprint density at radius 1 is 0.889 bits per heavy atom. The van der Waals surface area contributed by atoms with Crippen LogP contribution < -0.4 is 4.74 Å². The van der Waals surface area contributed by atoms with E-state index in [4.69, 9.17) is 25.8 Å². The van der Waals surface area contributed by atoms with Crippen LogP contribution in [0.1, 0.15) is 61.5 Å². The molecule has 36 heavy (non-hydrogen) atoms. The van der Waals surface area contributed by atoms with Crippen molar-refractivity contribution < 1.29 is 34.6 Å². The van der Waals surface area contributed by atoms with E-state index in [0.29, 0.717) is 36.0 Å². The zero-order valence-electron chi connectivity index (χ0n) is 21.1. The van der Waals surface area contributed by atoms with E-state index >= 15 is 0 Å². The lowest BCUT2D eigenvalue weighted by Gasteiger charge is -2.40. The number of ether oxygens (including phenoxy) is 3. The molecule has 200 valence electrons. The van der Waals surface area contributed by atoms with Gasteiger partial charge in [-0.2, -0.15) is 0 Å². The Balaban J connectivity index is 1.85. The second-order valence-electron chi connectivity index (χ2n) is 9.25. The molecule has 8 heteroatoms. The molecule has 0 saturated carbocycles. The molecule has 0 bridgehead atoms. The Labute approximate surface area is 218 Å². The van der Waals surface area contributed by atoms with Gasteiger partial charge in [-0.05, 0) is 48.1 Å². The molecule has 1 heterocycles. The highest BCUT2D eigenvalue weighted by molar-refractivity contribution is 6.31. The van der Waals surface area contributed by atoms with Gasteiger partial charge in [0.05, 0.1) is 13.2 Å². The minimum absolute atomic E-state index is 0.269. The fraction of sp³-hybridized carbons (Fsp3) is 0.571. The largest absolute Gasteiger partial charge is 0.491 e. The van der Waals surface area contributed by atoms with Crippen LogP contribution in [0.2, 0.25) is 5.02 Å². The minimum atomic E-state index is -1.49. The molecule has 0 aliphatic carbocycles. The number of halogens is 1. The molecule has 0 spiro atoms.